The molecule has 100 valence electrons. The summed E-state index contributed by atoms with van der Waals surface area (Å²) in [6, 6.07) is 0.865. The zero-order valence-corrected chi connectivity index (χ0v) is 10.2. The third-order valence-electron chi connectivity index (χ3n) is 2.79. The molecule has 0 N–H and O–H groups in total. The van der Waals surface area contributed by atoms with Crippen LogP contribution in [0.25, 0.3) is 11.0 Å². The maximum atomic E-state index is 13.0. The van der Waals surface area contributed by atoms with Gasteiger partial charge in [-0.1, -0.05) is 5.92 Å². The average Bonchev–Trinajstić information content (AvgIpc) is 2.53. The molecule has 0 aliphatic heterocycles. The van der Waals surface area contributed by atoms with Crippen molar-refractivity contribution < 1.29 is 13.2 Å². The highest BCUT2D eigenvalue weighted by molar-refractivity contribution is 5.79. The number of halogens is 3. The van der Waals surface area contributed by atoms with Crippen LogP contribution in [0.4, 0.5) is 13.2 Å². The summed E-state index contributed by atoms with van der Waals surface area (Å²) in [5, 5.41) is -0.448. The number of hydrogen-bond acceptors (Lipinski definition) is 2. The Hall–Kier alpha value is -2.23. The predicted octanol–water partition coefficient (Wildman–Crippen LogP) is 1.70. The molecule has 2 rings (SSSR count). The molecule has 4 nitrogen and oxygen atoms in total. The Morgan fingerprint density at radius 1 is 1.47 bits per heavy atom. The maximum Gasteiger partial charge on any atom is 0.417 e. The van der Waals surface area contributed by atoms with Gasteiger partial charge < -0.3 is 0 Å². The molecule has 19 heavy (non-hydrogen) atoms. The number of nitrogens with zero attached hydrogens (tertiary/aromatic N) is 3. The van der Waals surface area contributed by atoms with E-state index in [1.807, 2.05) is 0 Å². The van der Waals surface area contributed by atoms with Gasteiger partial charge in [0.2, 0.25) is 0 Å². The Balaban J connectivity index is 2.98. The third-order valence-corrected chi connectivity index (χ3v) is 2.79. The first-order chi connectivity index (χ1) is 8.77. The van der Waals surface area contributed by atoms with E-state index in [0.717, 1.165) is 10.7 Å². The SMILES string of the molecule is C#CCn1c(=O)c2c(C(F)(F)F)cc(C)nc2n1C. The second kappa shape index (κ2) is 4.16. The Labute approximate surface area is 106 Å². The van der Waals surface area contributed by atoms with E-state index in [1.54, 1.807) is 0 Å². The average molecular weight is 269 g/mol. The van der Waals surface area contributed by atoms with Crippen LogP contribution in [-0.4, -0.2) is 14.3 Å². The molecule has 0 spiro atoms. The number of fused-ring (bicyclic) bond motifs is 1. The largest absolute Gasteiger partial charge is 0.417 e. The number of aryl methyl sites for hydroxylation is 2. The fourth-order valence-corrected chi connectivity index (χ4v) is 1.97. The van der Waals surface area contributed by atoms with Crippen LogP contribution in [0.2, 0.25) is 0 Å². The number of pyridine rings is 1. The second-order valence-corrected chi connectivity index (χ2v) is 4.10. The van der Waals surface area contributed by atoms with Crippen LogP contribution < -0.4 is 5.56 Å². The number of aromatic nitrogens is 3. The molecule has 0 bridgehead atoms. The Morgan fingerprint density at radius 3 is 2.63 bits per heavy atom. The molecule has 0 unspecified atom stereocenters. The summed E-state index contributed by atoms with van der Waals surface area (Å²) in [5.41, 5.74) is -1.59. The Morgan fingerprint density at radius 2 is 2.11 bits per heavy atom. The highest BCUT2D eigenvalue weighted by Crippen LogP contribution is 2.33. The second-order valence-electron chi connectivity index (χ2n) is 4.10. The molecular formula is C12H10F3N3O. The van der Waals surface area contributed by atoms with Crippen molar-refractivity contribution in [1.29, 1.82) is 0 Å². The number of alkyl halides is 3. The van der Waals surface area contributed by atoms with Gasteiger partial charge in [-0.15, -0.1) is 6.42 Å². The van der Waals surface area contributed by atoms with Crippen molar-refractivity contribution in [3.8, 4) is 12.3 Å². The van der Waals surface area contributed by atoms with Crippen LogP contribution in [0.1, 0.15) is 11.3 Å². The molecular weight excluding hydrogens is 259 g/mol. The summed E-state index contributed by atoms with van der Waals surface area (Å²) in [5.74, 6) is 2.23. The standard InChI is InChI=1S/C12H10F3N3O/c1-4-5-18-11(19)9-8(12(13,14)15)6-7(2)16-10(9)17(18)3/h1,6H,5H2,2-3H3. The van der Waals surface area contributed by atoms with E-state index in [1.165, 1.54) is 18.7 Å². The predicted molar refractivity (Wildman–Crippen MR) is 63.5 cm³/mol. The fourth-order valence-electron chi connectivity index (χ4n) is 1.97. The summed E-state index contributed by atoms with van der Waals surface area (Å²) in [7, 11) is 1.45. The Kier molecular flexibility index (Phi) is 2.89. The van der Waals surface area contributed by atoms with Crippen LogP contribution >= 0.6 is 0 Å². The van der Waals surface area contributed by atoms with Gasteiger partial charge in [-0.25, -0.2) is 9.67 Å². The van der Waals surface area contributed by atoms with Crippen LogP contribution in [0.15, 0.2) is 10.9 Å². The highest BCUT2D eigenvalue weighted by Gasteiger charge is 2.35. The summed E-state index contributed by atoms with van der Waals surface area (Å²) in [4.78, 5) is 16.0. The van der Waals surface area contributed by atoms with Crippen molar-refractivity contribution >= 4 is 11.0 Å². The quantitative estimate of drug-likeness (QED) is 0.739. The molecule has 0 aliphatic rings. The lowest BCUT2D eigenvalue weighted by Crippen LogP contribution is -2.21. The number of hydrogen-bond donors (Lipinski definition) is 0. The van der Waals surface area contributed by atoms with Gasteiger partial charge in [-0.05, 0) is 13.0 Å². The van der Waals surface area contributed by atoms with Crippen molar-refractivity contribution in [3.05, 3.63) is 27.7 Å². The summed E-state index contributed by atoms with van der Waals surface area (Å²) < 4.78 is 41.2. The van der Waals surface area contributed by atoms with Crippen molar-refractivity contribution in [2.45, 2.75) is 19.6 Å². The van der Waals surface area contributed by atoms with Crippen molar-refractivity contribution in [2.24, 2.45) is 7.05 Å². The van der Waals surface area contributed by atoms with Gasteiger partial charge in [-0.3, -0.25) is 9.48 Å². The van der Waals surface area contributed by atoms with Gasteiger partial charge in [0.1, 0.15) is 6.54 Å². The maximum absolute atomic E-state index is 13.0. The monoisotopic (exact) mass is 269 g/mol. The first-order valence-corrected chi connectivity index (χ1v) is 5.35. The van der Waals surface area contributed by atoms with E-state index < -0.39 is 22.7 Å². The van der Waals surface area contributed by atoms with Gasteiger partial charge in [0.05, 0.1) is 10.9 Å². The van der Waals surface area contributed by atoms with Crippen molar-refractivity contribution in [2.75, 3.05) is 0 Å². The molecule has 2 heterocycles. The van der Waals surface area contributed by atoms with E-state index in [-0.39, 0.29) is 17.9 Å². The van der Waals surface area contributed by atoms with Crippen LogP contribution in [0.5, 0.6) is 0 Å². The zero-order valence-electron chi connectivity index (χ0n) is 10.2. The molecule has 0 atom stereocenters. The van der Waals surface area contributed by atoms with Gasteiger partial charge in [0.15, 0.2) is 5.65 Å². The molecule has 2 aromatic rings. The van der Waals surface area contributed by atoms with Crippen LogP contribution in [0.3, 0.4) is 0 Å². The number of terminal acetylenes is 1. The van der Waals surface area contributed by atoms with Gasteiger partial charge >= 0.3 is 6.18 Å². The van der Waals surface area contributed by atoms with E-state index in [9.17, 15) is 18.0 Å². The van der Waals surface area contributed by atoms with Gasteiger partial charge in [0, 0.05) is 12.7 Å². The molecule has 2 aromatic heterocycles. The van der Waals surface area contributed by atoms with E-state index in [4.69, 9.17) is 6.42 Å². The molecule has 0 amide bonds. The topological polar surface area (TPSA) is 39.8 Å². The lowest BCUT2D eigenvalue weighted by atomic mass is 10.1. The minimum Gasteiger partial charge on any atom is -0.267 e. The molecule has 0 fully saturated rings. The minimum absolute atomic E-state index is 0.0208. The van der Waals surface area contributed by atoms with Crippen molar-refractivity contribution in [3.63, 3.8) is 0 Å². The molecule has 0 saturated carbocycles. The zero-order chi connectivity index (χ0) is 14.4. The smallest absolute Gasteiger partial charge is 0.267 e. The highest BCUT2D eigenvalue weighted by atomic mass is 19.4. The molecule has 0 radical (unpaired) electrons. The minimum atomic E-state index is -4.61. The normalized spacial score (nSPS) is 11.8. The van der Waals surface area contributed by atoms with Gasteiger partial charge in [0.25, 0.3) is 5.56 Å². The molecule has 7 heteroatoms. The lowest BCUT2D eigenvalue weighted by molar-refractivity contribution is -0.136. The first-order valence-electron chi connectivity index (χ1n) is 5.35. The molecule has 0 aromatic carbocycles. The van der Waals surface area contributed by atoms with E-state index in [0.29, 0.717) is 0 Å². The molecule has 0 aliphatic carbocycles. The van der Waals surface area contributed by atoms with E-state index in [2.05, 4.69) is 10.9 Å². The third kappa shape index (κ3) is 1.99. The van der Waals surface area contributed by atoms with E-state index >= 15 is 0 Å². The summed E-state index contributed by atoms with van der Waals surface area (Å²) in [6.07, 6.45) is 0.498. The molecule has 0 saturated heterocycles. The van der Waals surface area contributed by atoms with Crippen molar-refractivity contribution in [1.82, 2.24) is 14.3 Å². The van der Waals surface area contributed by atoms with Gasteiger partial charge in [-0.2, -0.15) is 13.2 Å². The van der Waals surface area contributed by atoms with Crippen LogP contribution in [0, 0.1) is 19.3 Å². The Bertz CT molecular complexity index is 747. The summed E-state index contributed by atoms with van der Waals surface area (Å²) >= 11 is 0. The number of rotatable bonds is 1. The first kappa shape index (κ1) is 13.2. The van der Waals surface area contributed by atoms with Crippen LogP contribution in [-0.2, 0) is 19.8 Å². The lowest BCUT2D eigenvalue weighted by Gasteiger charge is -2.08. The fraction of sp³-hybridized carbons (Fsp3) is 0.333. The summed E-state index contributed by atoms with van der Waals surface area (Å²) in [6.45, 7) is 1.33.